The van der Waals surface area contributed by atoms with Gasteiger partial charge in [-0.1, -0.05) is 0 Å². The van der Waals surface area contributed by atoms with Gasteiger partial charge in [0.1, 0.15) is 6.54 Å². The second-order valence-electron chi connectivity index (χ2n) is 3.53. The maximum absolute atomic E-state index is 11.7. The fraction of sp³-hybridized carbons (Fsp3) is 0.900. The van der Waals surface area contributed by atoms with E-state index in [1.807, 2.05) is 0 Å². The van der Waals surface area contributed by atoms with Crippen molar-refractivity contribution in [2.45, 2.75) is 12.6 Å². The molecule has 0 saturated carbocycles. The molecule has 0 bridgehead atoms. The van der Waals surface area contributed by atoms with Crippen molar-refractivity contribution in [2.24, 2.45) is 0 Å². The van der Waals surface area contributed by atoms with Crippen LogP contribution in [0.2, 0.25) is 0 Å². The Morgan fingerprint density at radius 1 is 1.22 bits per heavy atom. The number of halogens is 3. The summed E-state index contributed by atoms with van der Waals surface area (Å²) in [6.07, 6.45) is -3.69. The molecular formula is C10H19F3N2O3. The fourth-order valence-corrected chi connectivity index (χ4v) is 1.01. The Morgan fingerprint density at radius 3 is 2.56 bits per heavy atom. The molecule has 0 heterocycles. The summed E-state index contributed by atoms with van der Waals surface area (Å²) in [5, 5.41) is 4.49. The van der Waals surface area contributed by atoms with Crippen molar-refractivity contribution in [3.05, 3.63) is 0 Å². The SMILES string of the molecule is COCCOCCCNCC(=O)NCC(F)(F)F. The van der Waals surface area contributed by atoms with E-state index in [0.717, 1.165) is 0 Å². The molecule has 0 unspecified atom stereocenters. The average molecular weight is 272 g/mol. The van der Waals surface area contributed by atoms with Crippen LogP contribution in [0, 0.1) is 0 Å². The molecule has 0 saturated heterocycles. The number of carbonyl (C=O) groups is 1. The van der Waals surface area contributed by atoms with E-state index < -0.39 is 18.6 Å². The molecule has 0 aliphatic heterocycles. The van der Waals surface area contributed by atoms with Crippen LogP contribution in [0.25, 0.3) is 0 Å². The molecule has 0 rings (SSSR count). The summed E-state index contributed by atoms with van der Waals surface area (Å²) in [6, 6.07) is 0. The van der Waals surface area contributed by atoms with Gasteiger partial charge < -0.3 is 20.1 Å². The van der Waals surface area contributed by atoms with Gasteiger partial charge in [0.2, 0.25) is 5.91 Å². The van der Waals surface area contributed by atoms with Gasteiger partial charge in [0.25, 0.3) is 0 Å². The van der Waals surface area contributed by atoms with Gasteiger partial charge in [-0.3, -0.25) is 4.79 Å². The number of ether oxygens (including phenoxy) is 2. The molecule has 8 heteroatoms. The number of alkyl halides is 3. The molecule has 0 radical (unpaired) electrons. The van der Waals surface area contributed by atoms with Gasteiger partial charge in [0.05, 0.1) is 19.8 Å². The summed E-state index contributed by atoms with van der Waals surface area (Å²) in [7, 11) is 1.57. The van der Waals surface area contributed by atoms with Crippen LogP contribution in [0.1, 0.15) is 6.42 Å². The van der Waals surface area contributed by atoms with Crippen LogP contribution in [0.4, 0.5) is 13.2 Å². The highest BCUT2D eigenvalue weighted by molar-refractivity contribution is 5.77. The third kappa shape index (κ3) is 13.2. The van der Waals surface area contributed by atoms with E-state index in [-0.39, 0.29) is 6.54 Å². The van der Waals surface area contributed by atoms with Gasteiger partial charge in [-0.15, -0.1) is 0 Å². The lowest BCUT2D eigenvalue weighted by Gasteiger charge is -2.09. The summed E-state index contributed by atoms with van der Waals surface area (Å²) in [4.78, 5) is 10.9. The maximum Gasteiger partial charge on any atom is 0.405 e. The zero-order valence-corrected chi connectivity index (χ0v) is 10.3. The molecule has 0 fully saturated rings. The van der Waals surface area contributed by atoms with Crippen molar-refractivity contribution in [2.75, 3.05) is 46.6 Å². The van der Waals surface area contributed by atoms with E-state index >= 15 is 0 Å². The number of hydrogen-bond donors (Lipinski definition) is 2. The highest BCUT2D eigenvalue weighted by Gasteiger charge is 2.27. The number of nitrogens with one attached hydrogen (secondary N) is 2. The van der Waals surface area contributed by atoms with E-state index in [1.165, 1.54) is 0 Å². The average Bonchev–Trinajstić information content (AvgIpc) is 2.29. The van der Waals surface area contributed by atoms with Crippen LogP contribution in [0.15, 0.2) is 0 Å². The van der Waals surface area contributed by atoms with Crippen LogP contribution in [0.5, 0.6) is 0 Å². The Balaban J connectivity index is 3.25. The number of methoxy groups -OCH3 is 1. The highest BCUT2D eigenvalue weighted by Crippen LogP contribution is 2.11. The number of amides is 1. The Morgan fingerprint density at radius 2 is 1.94 bits per heavy atom. The summed E-state index contributed by atoms with van der Waals surface area (Å²) in [6.45, 7) is 0.616. The van der Waals surface area contributed by atoms with Crippen molar-refractivity contribution in [3.63, 3.8) is 0 Å². The number of rotatable bonds is 10. The van der Waals surface area contributed by atoms with Crippen molar-refractivity contribution >= 4 is 5.91 Å². The lowest BCUT2D eigenvalue weighted by atomic mass is 10.4. The molecule has 0 aromatic carbocycles. The topological polar surface area (TPSA) is 59.6 Å². The molecule has 0 atom stereocenters. The zero-order valence-electron chi connectivity index (χ0n) is 10.3. The van der Waals surface area contributed by atoms with Crippen LogP contribution >= 0.6 is 0 Å². The summed E-state index contributed by atoms with van der Waals surface area (Å²) < 4.78 is 45.2. The van der Waals surface area contributed by atoms with Crippen molar-refractivity contribution in [1.29, 1.82) is 0 Å². The highest BCUT2D eigenvalue weighted by atomic mass is 19.4. The first-order valence-electron chi connectivity index (χ1n) is 5.56. The van der Waals surface area contributed by atoms with Gasteiger partial charge in [-0.05, 0) is 13.0 Å². The second kappa shape index (κ2) is 10.1. The van der Waals surface area contributed by atoms with Crippen molar-refractivity contribution in [1.82, 2.24) is 10.6 Å². The quantitative estimate of drug-likeness (QED) is 0.562. The van der Waals surface area contributed by atoms with E-state index in [2.05, 4.69) is 5.32 Å². The Bertz CT molecular complexity index is 225. The van der Waals surface area contributed by atoms with E-state index in [4.69, 9.17) is 9.47 Å². The number of hydrogen-bond acceptors (Lipinski definition) is 4. The molecule has 1 amide bonds. The normalized spacial score (nSPS) is 11.6. The molecular weight excluding hydrogens is 253 g/mol. The van der Waals surface area contributed by atoms with Crippen LogP contribution in [-0.2, 0) is 14.3 Å². The summed E-state index contributed by atoms with van der Waals surface area (Å²) >= 11 is 0. The lowest BCUT2D eigenvalue weighted by Crippen LogP contribution is -2.39. The first kappa shape index (κ1) is 17.1. The van der Waals surface area contributed by atoms with Gasteiger partial charge in [-0.25, -0.2) is 0 Å². The van der Waals surface area contributed by atoms with E-state index in [0.29, 0.717) is 32.8 Å². The molecule has 108 valence electrons. The molecule has 0 aliphatic rings. The Kier molecular flexibility index (Phi) is 9.62. The largest absolute Gasteiger partial charge is 0.405 e. The van der Waals surface area contributed by atoms with E-state index in [9.17, 15) is 18.0 Å². The Hall–Kier alpha value is -0.860. The van der Waals surface area contributed by atoms with Crippen LogP contribution < -0.4 is 10.6 Å². The third-order valence-electron chi connectivity index (χ3n) is 1.85. The fourth-order valence-electron chi connectivity index (χ4n) is 1.01. The predicted octanol–water partition coefficient (Wildman–Crippen LogP) is 0.308. The van der Waals surface area contributed by atoms with Crippen molar-refractivity contribution < 1.29 is 27.4 Å². The smallest absolute Gasteiger partial charge is 0.382 e. The second-order valence-corrected chi connectivity index (χ2v) is 3.53. The minimum Gasteiger partial charge on any atom is -0.382 e. The maximum atomic E-state index is 11.7. The molecule has 18 heavy (non-hydrogen) atoms. The van der Waals surface area contributed by atoms with Gasteiger partial charge >= 0.3 is 6.18 Å². The monoisotopic (exact) mass is 272 g/mol. The minimum absolute atomic E-state index is 0.131. The number of carbonyl (C=O) groups excluding carboxylic acids is 1. The molecule has 0 aromatic rings. The van der Waals surface area contributed by atoms with Crippen LogP contribution in [0.3, 0.4) is 0 Å². The van der Waals surface area contributed by atoms with Crippen LogP contribution in [-0.4, -0.2) is 58.6 Å². The molecule has 5 nitrogen and oxygen atoms in total. The lowest BCUT2D eigenvalue weighted by molar-refractivity contribution is -0.137. The van der Waals surface area contributed by atoms with Crippen molar-refractivity contribution in [3.8, 4) is 0 Å². The summed E-state index contributed by atoms with van der Waals surface area (Å²) in [5.74, 6) is -0.673. The standard InChI is InChI=1S/C10H19F3N2O3/c1-17-5-6-18-4-2-3-14-7-9(16)15-8-10(11,12)13/h14H,2-8H2,1H3,(H,15,16). The van der Waals surface area contributed by atoms with Gasteiger partial charge in [0.15, 0.2) is 0 Å². The minimum atomic E-state index is -4.37. The molecule has 0 aromatic heterocycles. The zero-order chi connectivity index (χ0) is 13.9. The van der Waals surface area contributed by atoms with Gasteiger partial charge in [-0.2, -0.15) is 13.2 Å². The first-order chi connectivity index (χ1) is 8.45. The molecule has 2 N–H and O–H groups in total. The van der Waals surface area contributed by atoms with Gasteiger partial charge in [0, 0.05) is 13.7 Å². The molecule has 0 spiro atoms. The molecule has 0 aliphatic carbocycles. The van der Waals surface area contributed by atoms with E-state index in [1.54, 1.807) is 12.4 Å². The first-order valence-corrected chi connectivity index (χ1v) is 5.56. The third-order valence-corrected chi connectivity index (χ3v) is 1.85. The predicted molar refractivity (Wildman–Crippen MR) is 59.2 cm³/mol. The summed E-state index contributed by atoms with van der Waals surface area (Å²) in [5.41, 5.74) is 0. The Labute approximate surface area is 104 Å².